The molecule has 0 bridgehead atoms. The van der Waals surface area contributed by atoms with E-state index in [1.165, 1.54) is 0 Å². The van der Waals surface area contributed by atoms with Gasteiger partial charge in [-0.3, -0.25) is 0 Å². The monoisotopic (exact) mass is 192 g/mol. The Morgan fingerprint density at radius 3 is 2.57 bits per heavy atom. The van der Waals surface area contributed by atoms with Gasteiger partial charge in [-0.15, -0.1) is 0 Å². The number of aliphatic carboxylic acids is 1. The van der Waals surface area contributed by atoms with Crippen LogP contribution < -0.4 is 0 Å². The molecular formula is C11H12O3. The fourth-order valence-electron chi connectivity index (χ4n) is 1.72. The molecular weight excluding hydrogens is 180 g/mol. The Hall–Kier alpha value is -1.35. The van der Waals surface area contributed by atoms with E-state index in [4.69, 9.17) is 9.84 Å². The van der Waals surface area contributed by atoms with Crippen LogP contribution in [0.4, 0.5) is 0 Å². The molecule has 1 N–H and O–H groups in total. The molecule has 1 aromatic rings. The van der Waals surface area contributed by atoms with Crippen LogP contribution in [0.5, 0.6) is 0 Å². The first-order chi connectivity index (χ1) is 6.70. The molecule has 1 aromatic carbocycles. The molecule has 1 fully saturated rings. The lowest BCUT2D eigenvalue weighted by atomic mass is 9.97. The van der Waals surface area contributed by atoms with Gasteiger partial charge in [0.15, 0.2) is 5.60 Å². The van der Waals surface area contributed by atoms with Crippen LogP contribution in [0.1, 0.15) is 25.0 Å². The average molecular weight is 192 g/mol. The second kappa shape index (κ2) is 3.10. The highest BCUT2D eigenvalue weighted by Gasteiger charge is 2.62. The lowest BCUT2D eigenvalue weighted by Gasteiger charge is -2.02. The number of carboxylic acids is 1. The number of carbonyl (C=O) groups is 1. The Morgan fingerprint density at radius 2 is 2.14 bits per heavy atom. The van der Waals surface area contributed by atoms with E-state index in [-0.39, 0.29) is 6.10 Å². The van der Waals surface area contributed by atoms with Gasteiger partial charge in [0.05, 0.1) is 0 Å². The van der Waals surface area contributed by atoms with Crippen LogP contribution in [0.3, 0.4) is 0 Å². The largest absolute Gasteiger partial charge is 0.479 e. The summed E-state index contributed by atoms with van der Waals surface area (Å²) in [7, 11) is 0. The smallest absolute Gasteiger partial charge is 0.339 e. The lowest BCUT2D eigenvalue weighted by Crippen LogP contribution is -2.23. The van der Waals surface area contributed by atoms with Crippen molar-refractivity contribution in [1.82, 2.24) is 0 Å². The molecule has 0 radical (unpaired) electrons. The molecule has 2 atom stereocenters. The summed E-state index contributed by atoms with van der Waals surface area (Å²) in [5, 5.41) is 9.01. The summed E-state index contributed by atoms with van der Waals surface area (Å²) < 4.78 is 5.30. The predicted molar refractivity (Wildman–Crippen MR) is 50.9 cm³/mol. The van der Waals surface area contributed by atoms with Crippen molar-refractivity contribution in [2.45, 2.75) is 25.0 Å². The van der Waals surface area contributed by atoms with Crippen molar-refractivity contribution in [2.24, 2.45) is 0 Å². The van der Waals surface area contributed by atoms with Crippen LogP contribution in [0.15, 0.2) is 30.3 Å². The predicted octanol–water partition coefficient (Wildman–Crippen LogP) is 1.99. The number of carboxylic acid groups (broad SMARTS) is 1. The number of rotatable bonds is 3. The molecule has 1 aliphatic heterocycles. The third-order valence-electron chi connectivity index (χ3n) is 2.68. The van der Waals surface area contributed by atoms with Crippen LogP contribution in [-0.4, -0.2) is 16.7 Å². The topological polar surface area (TPSA) is 49.8 Å². The first kappa shape index (κ1) is 9.21. The molecule has 0 spiro atoms. The van der Waals surface area contributed by atoms with Crippen molar-refractivity contribution >= 4 is 5.97 Å². The van der Waals surface area contributed by atoms with E-state index in [9.17, 15) is 4.79 Å². The number of benzene rings is 1. The molecule has 0 aliphatic carbocycles. The highest BCUT2D eigenvalue weighted by Crippen LogP contribution is 2.51. The van der Waals surface area contributed by atoms with Gasteiger partial charge in [-0.2, -0.15) is 0 Å². The fraction of sp³-hybridized carbons (Fsp3) is 0.364. The van der Waals surface area contributed by atoms with E-state index in [1.807, 2.05) is 37.3 Å². The van der Waals surface area contributed by atoms with Gasteiger partial charge in [-0.25, -0.2) is 4.79 Å². The van der Waals surface area contributed by atoms with Crippen LogP contribution in [0, 0.1) is 0 Å². The second-order valence-corrected chi connectivity index (χ2v) is 3.46. The molecule has 0 amide bonds. The van der Waals surface area contributed by atoms with Gasteiger partial charge in [0.1, 0.15) is 6.10 Å². The SMILES string of the molecule is CC[C@@]1(C(=O)O)O[C@@H]1c1ccccc1. The number of ether oxygens (including phenoxy) is 1. The van der Waals surface area contributed by atoms with E-state index in [0.717, 1.165) is 5.56 Å². The van der Waals surface area contributed by atoms with Gasteiger partial charge < -0.3 is 9.84 Å². The van der Waals surface area contributed by atoms with E-state index in [1.54, 1.807) is 0 Å². The third-order valence-corrected chi connectivity index (χ3v) is 2.68. The minimum absolute atomic E-state index is 0.272. The Kier molecular flexibility index (Phi) is 2.04. The van der Waals surface area contributed by atoms with E-state index >= 15 is 0 Å². The van der Waals surface area contributed by atoms with Crippen molar-refractivity contribution in [3.8, 4) is 0 Å². The maximum Gasteiger partial charge on any atom is 0.339 e. The normalized spacial score (nSPS) is 29.9. The summed E-state index contributed by atoms with van der Waals surface area (Å²) in [6.07, 6.45) is 0.230. The lowest BCUT2D eigenvalue weighted by molar-refractivity contribution is -0.143. The summed E-state index contributed by atoms with van der Waals surface area (Å²) >= 11 is 0. The highest BCUT2D eigenvalue weighted by molar-refractivity contribution is 5.81. The van der Waals surface area contributed by atoms with Gasteiger partial charge >= 0.3 is 5.97 Å². The maximum absolute atomic E-state index is 11.0. The summed E-state index contributed by atoms with van der Waals surface area (Å²) in [5.74, 6) is -0.867. The molecule has 3 nitrogen and oxygen atoms in total. The molecule has 74 valence electrons. The van der Waals surface area contributed by atoms with E-state index < -0.39 is 11.6 Å². The Balaban J connectivity index is 2.22. The van der Waals surface area contributed by atoms with E-state index in [0.29, 0.717) is 6.42 Å². The molecule has 1 saturated heterocycles. The van der Waals surface area contributed by atoms with Gasteiger partial charge in [-0.1, -0.05) is 37.3 Å². The summed E-state index contributed by atoms with van der Waals surface area (Å²) in [6, 6.07) is 9.47. The zero-order valence-corrected chi connectivity index (χ0v) is 7.93. The van der Waals surface area contributed by atoms with Crippen LogP contribution in [0.2, 0.25) is 0 Å². The van der Waals surface area contributed by atoms with Crippen LogP contribution in [0.25, 0.3) is 0 Å². The first-order valence-corrected chi connectivity index (χ1v) is 4.67. The molecule has 0 saturated carbocycles. The standard InChI is InChI=1S/C11H12O3/c1-2-11(10(12)13)9(14-11)8-6-4-3-5-7-8/h3-7,9H,2H2,1H3,(H,12,13)/t9-,11-/m1/s1. The minimum Gasteiger partial charge on any atom is -0.479 e. The van der Waals surface area contributed by atoms with Crippen molar-refractivity contribution in [2.75, 3.05) is 0 Å². The van der Waals surface area contributed by atoms with E-state index in [2.05, 4.69) is 0 Å². The Labute approximate surface area is 82.3 Å². The third kappa shape index (κ3) is 1.21. The Bertz CT molecular complexity index is 347. The molecule has 0 unspecified atom stereocenters. The molecule has 3 heteroatoms. The maximum atomic E-state index is 11.0. The number of epoxide rings is 1. The second-order valence-electron chi connectivity index (χ2n) is 3.46. The highest BCUT2D eigenvalue weighted by atomic mass is 16.6. The van der Waals surface area contributed by atoms with Crippen LogP contribution >= 0.6 is 0 Å². The number of hydrogen-bond donors (Lipinski definition) is 1. The molecule has 0 aromatic heterocycles. The van der Waals surface area contributed by atoms with Crippen LogP contribution in [-0.2, 0) is 9.53 Å². The molecule has 1 aliphatic rings. The molecule has 1 heterocycles. The van der Waals surface area contributed by atoms with Gasteiger partial charge in [0.2, 0.25) is 0 Å². The summed E-state index contributed by atoms with van der Waals surface area (Å²) in [6.45, 7) is 1.83. The minimum atomic E-state index is -0.971. The van der Waals surface area contributed by atoms with Crippen molar-refractivity contribution in [3.63, 3.8) is 0 Å². The zero-order chi connectivity index (χ0) is 10.2. The zero-order valence-electron chi connectivity index (χ0n) is 7.93. The van der Waals surface area contributed by atoms with Crippen molar-refractivity contribution in [3.05, 3.63) is 35.9 Å². The quantitative estimate of drug-likeness (QED) is 0.745. The Morgan fingerprint density at radius 1 is 1.50 bits per heavy atom. The van der Waals surface area contributed by atoms with Gasteiger partial charge in [-0.05, 0) is 12.0 Å². The summed E-state index contributed by atoms with van der Waals surface area (Å²) in [4.78, 5) is 11.0. The summed E-state index contributed by atoms with van der Waals surface area (Å²) in [5.41, 5.74) is -0.0294. The fourth-order valence-corrected chi connectivity index (χ4v) is 1.72. The molecule has 2 rings (SSSR count). The molecule has 14 heavy (non-hydrogen) atoms. The number of hydrogen-bond acceptors (Lipinski definition) is 2. The van der Waals surface area contributed by atoms with Gasteiger partial charge in [0, 0.05) is 0 Å². The first-order valence-electron chi connectivity index (χ1n) is 4.67. The van der Waals surface area contributed by atoms with Gasteiger partial charge in [0.25, 0.3) is 0 Å². The average Bonchev–Trinajstić information content (AvgIpc) is 2.95. The van der Waals surface area contributed by atoms with Crippen molar-refractivity contribution in [1.29, 1.82) is 0 Å². The van der Waals surface area contributed by atoms with Crippen molar-refractivity contribution < 1.29 is 14.6 Å².